The molecule has 64 heavy (non-hydrogen) atoms. The number of ether oxygens (including phenoxy) is 3. The van der Waals surface area contributed by atoms with Gasteiger partial charge in [0.25, 0.3) is 0 Å². The molecule has 0 aromatic rings. The quantitative estimate of drug-likeness (QED) is 0.0197. The van der Waals surface area contributed by atoms with Crippen LogP contribution in [0.5, 0.6) is 0 Å². The monoisotopic (exact) mass is 931 g/mol. The third-order valence-corrected chi connectivity index (χ3v) is 12.6. The molecule has 378 valence electrons. The van der Waals surface area contributed by atoms with Crippen LogP contribution in [0.2, 0.25) is 0 Å². The molecule has 0 fully saturated rings. The Morgan fingerprint density at radius 3 is 1.12 bits per heavy atom. The predicted molar refractivity (Wildman–Crippen MR) is 261 cm³/mol. The molecule has 12 heteroatoms. The fourth-order valence-corrected chi connectivity index (χ4v) is 8.36. The highest BCUT2D eigenvalue weighted by atomic mass is 31.2. The third-order valence-electron chi connectivity index (χ3n) is 11.7. The van der Waals surface area contributed by atoms with Crippen molar-refractivity contribution in [1.82, 2.24) is 0 Å². The Hall–Kier alpha value is -1.78. The third kappa shape index (κ3) is 45.4. The van der Waals surface area contributed by atoms with Crippen molar-refractivity contribution >= 4 is 25.7 Å². The largest absolute Gasteiger partial charge is 0.472 e. The van der Waals surface area contributed by atoms with E-state index in [0.29, 0.717) is 19.3 Å². The first-order valence-electron chi connectivity index (χ1n) is 26.6. The second kappa shape index (κ2) is 47.7. The van der Waals surface area contributed by atoms with E-state index in [2.05, 4.69) is 32.9 Å². The van der Waals surface area contributed by atoms with Crippen molar-refractivity contribution in [3.05, 3.63) is 12.2 Å². The summed E-state index contributed by atoms with van der Waals surface area (Å²) in [4.78, 5) is 48.2. The van der Waals surface area contributed by atoms with Gasteiger partial charge < -0.3 is 24.2 Å². The summed E-state index contributed by atoms with van der Waals surface area (Å²) < 4.78 is 39.3. The highest BCUT2D eigenvalue weighted by molar-refractivity contribution is 7.47. The fourth-order valence-electron chi connectivity index (χ4n) is 7.57. The van der Waals surface area contributed by atoms with Gasteiger partial charge in [-0.25, -0.2) is 4.57 Å². The highest BCUT2D eigenvalue weighted by Gasteiger charge is 2.28. The Kier molecular flexibility index (Phi) is 46.4. The number of aliphatic hydroxyl groups is 1. The number of allylic oxidation sites excluding steroid dienone is 2. The summed E-state index contributed by atoms with van der Waals surface area (Å²) in [5.74, 6) is -1.45. The van der Waals surface area contributed by atoms with Gasteiger partial charge in [-0.15, -0.1) is 0 Å². The van der Waals surface area contributed by atoms with Crippen LogP contribution in [-0.4, -0.2) is 66.5 Å². The van der Waals surface area contributed by atoms with Crippen molar-refractivity contribution in [3.8, 4) is 0 Å². The maximum atomic E-state index is 12.8. The maximum Gasteiger partial charge on any atom is 0.472 e. The minimum atomic E-state index is -4.73. The Morgan fingerprint density at radius 1 is 0.422 bits per heavy atom. The lowest BCUT2D eigenvalue weighted by Crippen LogP contribution is -2.30. The number of phosphoric ester groups is 1. The summed E-state index contributed by atoms with van der Waals surface area (Å²) in [6, 6.07) is 0. The molecule has 0 rings (SSSR count). The zero-order chi connectivity index (χ0) is 47.0. The molecule has 0 aliphatic heterocycles. The van der Waals surface area contributed by atoms with Gasteiger partial charge in [-0.2, -0.15) is 0 Å². The number of aliphatic hydroxyl groups excluding tert-OH is 1. The molecule has 0 aromatic heterocycles. The van der Waals surface area contributed by atoms with Crippen LogP contribution in [0.15, 0.2) is 12.2 Å². The first kappa shape index (κ1) is 62.2. The molecule has 0 aromatic carbocycles. The topological polar surface area (TPSA) is 155 Å². The molecule has 0 amide bonds. The van der Waals surface area contributed by atoms with Crippen molar-refractivity contribution < 1.29 is 52.2 Å². The summed E-state index contributed by atoms with van der Waals surface area (Å²) >= 11 is 0. The lowest BCUT2D eigenvalue weighted by Gasteiger charge is -2.21. The zero-order valence-electron chi connectivity index (χ0n) is 41.5. The van der Waals surface area contributed by atoms with Gasteiger partial charge in [-0.3, -0.25) is 23.4 Å². The van der Waals surface area contributed by atoms with Crippen LogP contribution >= 0.6 is 7.82 Å². The molecule has 3 atom stereocenters. The molecule has 0 aliphatic rings. The number of hydrogen-bond donors (Lipinski definition) is 2. The normalized spacial score (nSPS) is 13.5. The van der Waals surface area contributed by atoms with Gasteiger partial charge >= 0.3 is 25.7 Å². The van der Waals surface area contributed by atoms with Crippen molar-refractivity contribution in [2.75, 3.05) is 26.4 Å². The standard InChI is InChI=1S/C52H99O11P/c1-4-7-10-13-16-19-22-24-27-30-33-36-39-42-51(55)62-48(44-53)46-60-64(57,58)61-47-49(45-59-50(54)41-38-35-32-29-26-21-18-15-12-9-6-3)63-52(56)43-40-37-34-31-28-25-23-20-17-14-11-8-5-2/h15,18,48-49,53H,4-14,16-17,19-47H2,1-3H3,(H,57,58)/b18-15-. The Bertz CT molecular complexity index is 1130. The van der Waals surface area contributed by atoms with Gasteiger partial charge in [0.1, 0.15) is 12.7 Å². The maximum absolute atomic E-state index is 12.8. The smallest absolute Gasteiger partial charge is 0.462 e. The number of hydrogen-bond acceptors (Lipinski definition) is 10. The van der Waals surface area contributed by atoms with Gasteiger partial charge in [-0.05, 0) is 38.5 Å². The molecular weight excluding hydrogens is 832 g/mol. The first-order chi connectivity index (χ1) is 31.2. The molecule has 0 bridgehead atoms. The van der Waals surface area contributed by atoms with Crippen LogP contribution in [0.3, 0.4) is 0 Å². The van der Waals surface area contributed by atoms with Crippen molar-refractivity contribution in [1.29, 1.82) is 0 Å². The van der Waals surface area contributed by atoms with Crippen LogP contribution in [0.1, 0.15) is 265 Å². The lowest BCUT2D eigenvalue weighted by molar-refractivity contribution is -0.161. The van der Waals surface area contributed by atoms with E-state index in [-0.39, 0.29) is 25.9 Å². The van der Waals surface area contributed by atoms with Crippen LogP contribution in [0.25, 0.3) is 0 Å². The van der Waals surface area contributed by atoms with Gasteiger partial charge in [0.05, 0.1) is 19.8 Å². The van der Waals surface area contributed by atoms with E-state index in [1.165, 1.54) is 128 Å². The molecule has 0 spiro atoms. The van der Waals surface area contributed by atoms with Crippen LogP contribution in [0.4, 0.5) is 0 Å². The highest BCUT2D eigenvalue weighted by Crippen LogP contribution is 2.43. The molecule has 0 heterocycles. The van der Waals surface area contributed by atoms with E-state index in [0.717, 1.165) is 77.0 Å². The second-order valence-corrected chi connectivity index (χ2v) is 19.5. The lowest BCUT2D eigenvalue weighted by atomic mass is 10.0. The van der Waals surface area contributed by atoms with Gasteiger partial charge in [-0.1, -0.05) is 219 Å². The molecule has 0 saturated carbocycles. The first-order valence-corrected chi connectivity index (χ1v) is 28.1. The van der Waals surface area contributed by atoms with E-state index in [9.17, 15) is 28.9 Å². The number of unbranched alkanes of at least 4 members (excludes halogenated alkanes) is 31. The van der Waals surface area contributed by atoms with Crippen LogP contribution in [-0.2, 0) is 42.2 Å². The number of carbonyl (C=O) groups excluding carboxylic acids is 3. The second-order valence-electron chi connectivity index (χ2n) is 18.1. The molecule has 3 unspecified atom stereocenters. The van der Waals surface area contributed by atoms with Crippen molar-refractivity contribution in [2.24, 2.45) is 0 Å². The summed E-state index contributed by atoms with van der Waals surface area (Å²) in [6.45, 7) is 4.62. The summed E-state index contributed by atoms with van der Waals surface area (Å²) in [6.07, 6.45) is 43.2. The number of carbonyl (C=O) groups is 3. The number of phosphoric acid groups is 1. The van der Waals surface area contributed by atoms with E-state index >= 15 is 0 Å². The molecule has 0 aliphatic carbocycles. The summed E-state index contributed by atoms with van der Waals surface area (Å²) in [5, 5.41) is 9.77. The molecular formula is C52H99O11P. The molecule has 0 radical (unpaired) electrons. The molecule has 0 saturated heterocycles. The van der Waals surface area contributed by atoms with Crippen LogP contribution < -0.4 is 0 Å². The van der Waals surface area contributed by atoms with E-state index in [1.807, 2.05) is 0 Å². The average Bonchev–Trinajstić information content (AvgIpc) is 3.28. The van der Waals surface area contributed by atoms with E-state index in [1.54, 1.807) is 0 Å². The summed E-state index contributed by atoms with van der Waals surface area (Å²) in [5.41, 5.74) is 0. The van der Waals surface area contributed by atoms with Crippen molar-refractivity contribution in [2.45, 2.75) is 277 Å². The Balaban J connectivity index is 4.68. The predicted octanol–water partition coefficient (Wildman–Crippen LogP) is 14.9. The van der Waals surface area contributed by atoms with E-state index < -0.39 is 57.8 Å². The molecule has 11 nitrogen and oxygen atoms in total. The van der Waals surface area contributed by atoms with Gasteiger partial charge in [0, 0.05) is 19.3 Å². The zero-order valence-corrected chi connectivity index (χ0v) is 42.4. The average molecular weight is 931 g/mol. The Labute approximate surface area is 392 Å². The van der Waals surface area contributed by atoms with Crippen LogP contribution in [0, 0.1) is 0 Å². The number of esters is 3. The summed E-state index contributed by atoms with van der Waals surface area (Å²) in [7, 11) is -4.73. The van der Waals surface area contributed by atoms with Gasteiger partial charge in [0.15, 0.2) is 6.10 Å². The molecule has 2 N–H and O–H groups in total. The Morgan fingerprint density at radius 2 is 0.734 bits per heavy atom. The minimum absolute atomic E-state index is 0.173. The SMILES string of the molecule is CCCC/C=C\CCCCCCCC(=O)OCC(COP(=O)(O)OCC(CO)OC(=O)CCCCCCCCCCCCCCC)OC(=O)CCCCCCCCCCCCCCC. The van der Waals surface area contributed by atoms with Gasteiger partial charge in [0.2, 0.25) is 0 Å². The minimum Gasteiger partial charge on any atom is -0.462 e. The number of rotatable bonds is 50. The van der Waals surface area contributed by atoms with Crippen molar-refractivity contribution in [3.63, 3.8) is 0 Å². The van der Waals surface area contributed by atoms with E-state index in [4.69, 9.17) is 23.3 Å². The fraction of sp³-hybridized carbons (Fsp3) is 0.904.